The predicted molar refractivity (Wildman–Crippen MR) is 97.3 cm³/mol. The first-order valence-electron chi connectivity index (χ1n) is 8.72. The van der Waals surface area contributed by atoms with Crippen molar-refractivity contribution in [1.29, 1.82) is 0 Å². The standard InChI is InChI=1S/C18H26N4O3/c1-3-19-18(25)22-15-10-6-9-14(11-15)21-17(24)16(20-12(2)23)13-7-4-5-8-13/h6,9-11,13,16H,3-5,7-8H2,1-2H3,(H,20,23)(H,21,24)(H2,19,22,25)/t16-/m1/s1. The van der Waals surface area contributed by atoms with Crippen LogP contribution in [0.25, 0.3) is 0 Å². The maximum absolute atomic E-state index is 12.6. The molecule has 4 N–H and O–H groups in total. The van der Waals surface area contributed by atoms with E-state index in [1.54, 1.807) is 24.3 Å². The third kappa shape index (κ3) is 5.77. The van der Waals surface area contributed by atoms with Crippen LogP contribution < -0.4 is 21.3 Å². The summed E-state index contributed by atoms with van der Waals surface area (Å²) in [5, 5.41) is 11.0. The Morgan fingerprint density at radius 2 is 1.76 bits per heavy atom. The smallest absolute Gasteiger partial charge is 0.319 e. The fraction of sp³-hybridized carbons (Fsp3) is 0.500. The zero-order chi connectivity index (χ0) is 18.2. The number of hydrogen-bond donors (Lipinski definition) is 4. The lowest BCUT2D eigenvalue weighted by molar-refractivity contribution is -0.126. The van der Waals surface area contributed by atoms with Crippen LogP contribution in [0.4, 0.5) is 16.2 Å². The minimum absolute atomic E-state index is 0.167. The molecule has 4 amide bonds. The van der Waals surface area contributed by atoms with Gasteiger partial charge in [0.1, 0.15) is 6.04 Å². The highest BCUT2D eigenvalue weighted by Crippen LogP contribution is 2.28. The van der Waals surface area contributed by atoms with Crippen molar-refractivity contribution >= 4 is 29.2 Å². The number of carbonyl (C=O) groups is 3. The molecule has 0 aliphatic heterocycles. The quantitative estimate of drug-likeness (QED) is 0.637. The van der Waals surface area contributed by atoms with Crippen LogP contribution in [-0.2, 0) is 9.59 Å². The molecule has 25 heavy (non-hydrogen) atoms. The zero-order valence-corrected chi connectivity index (χ0v) is 14.7. The van der Waals surface area contributed by atoms with Gasteiger partial charge < -0.3 is 21.3 Å². The first-order chi connectivity index (χ1) is 12.0. The van der Waals surface area contributed by atoms with Crippen LogP contribution in [0.15, 0.2) is 24.3 Å². The van der Waals surface area contributed by atoms with Crippen molar-refractivity contribution in [2.75, 3.05) is 17.2 Å². The van der Waals surface area contributed by atoms with E-state index in [0.29, 0.717) is 17.9 Å². The molecule has 1 saturated carbocycles. The van der Waals surface area contributed by atoms with Gasteiger partial charge >= 0.3 is 6.03 Å². The molecule has 136 valence electrons. The van der Waals surface area contributed by atoms with Crippen molar-refractivity contribution < 1.29 is 14.4 Å². The minimum atomic E-state index is -0.528. The summed E-state index contributed by atoms with van der Waals surface area (Å²) in [6, 6.07) is 6.10. The Bertz CT molecular complexity index is 627. The van der Waals surface area contributed by atoms with Crippen molar-refractivity contribution in [2.45, 2.75) is 45.6 Å². The molecule has 7 heteroatoms. The fourth-order valence-electron chi connectivity index (χ4n) is 3.14. The van der Waals surface area contributed by atoms with Gasteiger partial charge in [0, 0.05) is 24.8 Å². The van der Waals surface area contributed by atoms with Crippen LogP contribution in [-0.4, -0.2) is 30.4 Å². The third-order valence-electron chi connectivity index (χ3n) is 4.24. The van der Waals surface area contributed by atoms with Gasteiger partial charge in [-0.1, -0.05) is 18.9 Å². The Kier molecular flexibility index (Phi) is 6.80. The molecule has 1 aromatic carbocycles. The van der Waals surface area contributed by atoms with E-state index in [1.165, 1.54) is 6.92 Å². The van der Waals surface area contributed by atoms with Crippen LogP contribution in [0.1, 0.15) is 39.5 Å². The number of rotatable bonds is 6. The van der Waals surface area contributed by atoms with Crippen molar-refractivity contribution in [2.24, 2.45) is 5.92 Å². The summed E-state index contributed by atoms with van der Waals surface area (Å²) in [5.74, 6) is -0.267. The summed E-state index contributed by atoms with van der Waals surface area (Å²) >= 11 is 0. The van der Waals surface area contributed by atoms with E-state index in [9.17, 15) is 14.4 Å². The van der Waals surface area contributed by atoms with Crippen molar-refractivity contribution in [1.82, 2.24) is 10.6 Å². The highest BCUT2D eigenvalue weighted by molar-refractivity contribution is 5.98. The zero-order valence-electron chi connectivity index (χ0n) is 14.7. The number of benzene rings is 1. The van der Waals surface area contributed by atoms with Gasteiger partial charge in [-0.2, -0.15) is 0 Å². The number of anilines is 2. The van der Waals surface area contributed by atoms with Crippen LogP contribution in [0.5, 0.6) is 0 Å². The van der Waals surface area contributed by atoms with E-state index in [0.717, 1.165) is 25.7 Å². The average molecular weight is 346 g/mol. The maximum atomic E-state index is 12.6. The third-order valence-corrected chi connectivity index (χ3v) is 4.24. The molecule has 0 unspecified atom stereocenters. The van der Waals surface area contributed by atoms with Gasteiger partial charge in [0.05, 0.1) is 0 Å². The van der Waals surface area contributed by atoms with Crippen molar-refractivity contribution in [3.63, 3.8) is 0 Å². The van der Waals surface area contributed by atoms with Gasteiger partial charge in [-0.3, -0.25) is 9.59 Å². The summed E-state index contributed by atoms with van der Waals surface area (Å²) in [6.45, 7) is 3.79. The first-order valence-corrected chi connectivity index (χ1v) is 8.72. The number of hydrogen-bond acceptors (Lipinski definition) is 3. The number of nitrogens with one attached hydrogen (secondary N) is 4. The lowest BCUT2D eigenvalue weighted by Gasteiger charge is -2.23. The van der Waals surface area contributed by atoms with Crippen LogP contribution in [0.2, 0.25) is 0 Å². The molecular weight excluding hydrogens is 320 g/mol. The summed E-state index contributed by atoms with van der Waals surface area (Å²) in [6.07, 6.45) is 4.05. The van der Waals surface area contributed by atoms with Gasteiger partial charge in [0.25, 0.3) is 0 Å². The summed E-state index contributed by atoms with van der Waals surface area (Å²) < 4.78 is 0. The summed E-state index contributed by atoms with van der Waals surface area (Å²) in [5.41, 5.74) is 1.16. The van der Waals surface area contributed by atoms with Crippen molar-refractivity contribution in [3.05, 3.63) is 24.3 Å². The van der Waals surface area contributed by atoms with E-state index >= 15 is 0 Å². The molecule has 0 radical (unpaired) electrons. The molecule has 1 atom stereocenters. The molecule has 1 aliphatic rings. The Labute approximate surface area is 147 Å². The Hall–Kier alpha value is -2.57. The topological polar surface area (TPSA) is 99.3 Å². The van der Waals surface area contributed by atoms with E-state index in [2.05, 4.69) is 21.3 Å². The second-order valence-corrected chi connectivity index (χ2v) is 6.28. The summed E-state index contributed by atoms with van der Waals surface area (Å²) in [4.78, 5) is 35.7. The van der Waals surface area contributed by atoms with Gasteiger partial charge in [0.2, 0.25) is 11.8 Å². The van der Waals surface area contributed by atoms with E-state index in [4.69, 9.17) is 0 Å². The van der Waals surface area contributed by atoms with Crippen LogP contribution in [0, 0.1) is 5.92 Å². The molecule has 0 aromatic heterocycles. The molecule has 7 nitrogen and oxygen atoms in total. The minimum Gasteiger partial charge on any atom is -0.344 e. The lowest BCUT2D eigenvalue weighted by Crippen LogP contribution is -2.47. The SMILES string of the molecule is CCNC(=O)Nc1cccc(NC(=O)[C@H](NC(C)=O)C2CCCC2)c1. The number of urea groups is 1. The normalized spacial score (nSPS) is 15.3. The maximum Gasteiger partial charge on any atom is 0.319 e. The first kappa shape index (κ1) is 18.8. The monoisotopic (exact) mass is 346 g/mol. The Morgan fingerprint density at radius 1 is 1.12 bits per heavy atom. The highest BCUT2D eigenvalue weighted by atomic mass is 16.2. The van der Waals surface area contributed by atoms with E-state index < -0.39 is 6.04 Å². The molecule has 1 aliphatic carbocycles. The van der Waals surface area contributed by atoms with Crippen molar-refractivity contribution in [3.8, 4) is 0 Å². The predicted octanol–water partition coefficient (Wildman–Crippen LogP) is 2.46. The molecule has 0 spiro atoms. The van der Waals surface area contributed by atoms with Gasteiger partial charge in [0.15, 0.2) is 0 Å². The Balaban J connectivity index is 2.04. The van der Waals surface area contributed by atoms with Crippen LogP contribution in [0.3, 0.4) is 0 Å². The molecule has 0 heterocycles. The highest BCUT2D eigenvalue weighted by Gasteiger charge is 2.31. The van der Waals surface area contributed by atoms with Gasteiger partial charge in [-0.15, -0.1) is 0 Å². The van der Waals surface area contributed by atoms with Crippen LogP contribution >= 0.6 is 0 Å². The second-order valence-electron chi connectivity index (χ2n) is 6.28. The second kappa shape index (κ2) is 9.05. The van der Waals surface area contributed by atoms with E-state index in [1.807, 2.05) is 6.92 Å². The molecule has 2 rings (SSSR count). The average Bonchev–Trinajstić information content (AvgIpc) is 3.07. The molecule has 1 fully saturated rings. The molecule has 0 bridgehead atoms. The molecule has 0 saturated heterocycles. The number of carbonyl (C=O) groups excluding carboxylic acids is 3. The Morgan fingerprint density at radius 3 is 2.36 bits per heavy atom. The van der Waals surface area contributed by atoms with Gasteiger partial charge in [-0.05, 0) is 43.9 Å². The lowest BCUT2D eigenvalue weighted by atomic mass is 9.97. The summed E-state index contributed by atoms with van der Waals surface area (Å²) in [7, 11) is 0. The molecular formula is C18H26N4O3. The van der Waals surface area contributed by atoms with Gasteiger partial charge in [-0.25, -0.2) is 4.79 Å². The van der Waals surface area contributed by atoms with E-state index in [-0.39, 0.29) is 23.8 Å². The molecule has 1 aromatic rings. The fourth-order valence-corrected chi connectivity index (χ4v) is 3.14. The largest absolute Gasteiger partial charge is 0.344 e. The number of amides is 4.